The highest BCUT2D eigenvalue weighted by atomic mass is 16.5. The molecule has 0 amide bonds. The highest BCUT2D eigenvalue weighted by Gasteiger charge is 2.06. The van der Waals surface area contributed by atoms with Gasteiger partial charge in [-0.25, -0.2) is 0 Å². The Balaban J connectivity index is 2.76. The number of carbonyl (C=O) groups excluding carboxylic acids is 1. The van der Waals surface area contributed by atoms with Gasteiger partial charge in [-0.3, -0.25) is 4.79 Å². The number of nitrogens with zero attached hydrogens (tertiary/aromatic N) is 1. The van der Waals surface area contributed by atoms with E-state index in [-0.39, 0.29) is 5.78 Å². The van der Waals surface area contributed by atoms with E-state index in [1.54, 1.807) is 18.2 Å². The zero-order valence-electron chi connectivity index (χ0n) is 10.0. The predicted molar refractivity (Wildman–Crippen MR) is 63.1 cm³/mol. The molecular formula is C13H15NO3. The first-order chi connectivity index (χ1) is 8.17. The molecule has 4 nitrogen and oxygen atoms in total. The van der Waals surface area contributed by atoms with Gasteiger partial charge in [0.2, 0.25) is 0 Å². The lowest BCUT2D eigenvalue weighted by molar-refractivity contribution is -0.117. The first-order valence-electron chi connectivity index (χ1n) is 5.46. The van der Waals surface area contributed by atoms with Crippen molar-refractivity contribution in [3.05, 3.63) is 23.8 Å². The van der Waals surface area contributed by atoms with E-state index in [1.807, 2.05) is 13.0 Å². The van der Waals surface area contributed by atoms with Crippen molar-refractivity contribution in [1.82, 2.24) is 0 Å². The number of hydrogen-bond acceptors (Lipinski definition) is 4. The summed E-state index contributed by atoms with van der Waals surface area (Å²) in [5.74, 6) is 1.18. The van der Waals surface area contributed by atoms with Gasteiger partial charge in [-0.15, -0.1) is 0 Å². The van der Waals surface area contributed by atoms with Gasteiger partial charge >= 0.3 is 0 Å². The van der Waals surface area contributed by atoms with Gasteiger partial charge in [-0.05, 0) is 26.0 Å². The second-order valence-corrected chi connectivity index (χ2v) is 3.51. The Morgan fingerprint density at radius 2 is 2.12 bits per heavy atom. The van der Waals surface area contributed by atoms with Gasteiger partial charge in [0.1, 0.15) is 5.78 Å². The van der Waals surface area contributed by atoms with Gasteiger partial charge in [0.15, 0.2) is 11.5 Å². The smallest absolute Gasteiger partial charge is 0.162 e. The second kappa shape index (κ2) is 6.54. The summed E-state index contributed by atoms with van der Waals surface area (Å²) in [5, 5.41) is 8.78. The van der Waals surface area contributed by atoms with Crippen LogP contribution in [0.2, 0.25) is 0 Å². The van der Waals surface area contributed by atoms with Gasteiger partial charge in [0.05, 0.1) is 24.8 Å². The zero-order valence-corrected chi connectivity index (χ0v) is 10.0. The van der Waals surface area contributed by atoms with Crippen LogP contribution in [0.1, 0.15) is 25.8 Å². The Morgan fingerprint density at radius 3 is 2.71 bits per heavy atom. The summed E-state index contributed by atoms with van der Waals surface area (Å²) in [6.45, 7) is 4.20. The van der Waals surface area contributed by atoms with Gasteiger partial charge in [0, 0.05) is 12.5 Å². The Hall–Kier alpha value is -2.02. The molecule has 0 N–H and O–H groups in total. The van der Waals surface area contributed by atoms with E-state index in [9.17, 15) is 4.79 Å². The fraction of sp³-hybridized carbons (Fsp3) is 0.385. The van der Waals surface area contributed by atoms with Crippen LogP contribution in [0.5, 0.6) is 11.5 Å². The second-order valence-electron chi connectivity index (χ2n) is 3.51. The van der Waals surface area contributed by atoms with Crippen LogP contribution in [0.25, 0.3) is 0 Å². The van der Waals surface area contributed by atoms with Crippen LogP contribution in [0.4, 0.5) is 0 Å². The summed E-state index contributed by atoms with van der Waals surface area (Å²) >= 11 is 0. The number of carbonyl (C=O) groups is 1. The third kappa shape index (κ3) is 4.15. The number of rotatable bonds is 6. The Bertz CT molecular complexity index is 435. The molecule has 0 saturated carbocycles. The first-order valence-corrected chi connectivity index (χ1v) is 5.46. The molecule has 4 heteroatoms. The summed E-state index contributed by atoms with van der Waals surface area (Å²) in [7, 11) is 0. The van der Waals surface area contributed by atoms with E-state index in [0.717, 1.165) is 0 Å². The van der Waals surface area contributed by atoms with Gasteiger partial charge in [-0.2, -0.15) is 5.26 Å². The van der Waals surface area contributed by atoms with Crippen LogP contribution in [-0.4, -0.2) is 19.0 Å². The highest BCUT2D eigenvalue weighted by Crippen LogP contribution is 2.28. The molecule has 0 radical (unpaired) electrons. The van der Waals surface area contributed by atoms with Crippen molar-refractivity contribution in [1.29, 1.82) is 5.26 Å². The third-order valence-electron chi connectivity index (χ3n) is 2.08. The minimum atomic E-state index is 0.0802. The van der Waals surface area contributed by atoms with Crippen LogP contribution in [0.15, 0.2) is 18.2 Å². The molecule has 0 spiro atoms. The summed E-state index contributed by atoms with van der Waals surface area (Å²) in [6.07, 6.45) is 0.367. The molecule has 0 aliphatic rings. The SMILES string of the molecule is CCOc1cc(C#N)ccc1OCCC(C)=O. The highest BCUT2D eigenvalue weighted by molar-refractivity contribution is 5.75. The maximum Gasteiger partial charge on any atom is 0.162 e. The Labute approximate surface area is 101 Å². The summed E-state index contributed by atoms with van der Waals surface area (Å²) < 4.78 is 10.8. The van der Waals surface area contributed by atoms with Crippen LogP contribution in [-0.2, 0) is 4.79 Å². The standard InChI is InChI=1S/C13H15NO3/c1-3-16-13-8-11(9-14)4-5-12(13)17-7-6-10(2)15/h4-5,8H,3,6-7H2,1-2H3. The topological polar surface area (TPSA) is 59.3 Å². The Morgan fingerprint density at radius 1 is 1.35 bits per heavy atom. The lowest BCUT2D eigenvalue weighted by atomic mass is 10.2. The van der Waals surface area contributed by atoms with E-state index < -0.39 is 0 Å². The molecule has 0 fully saturated rings. The number of benzene rings is 1. The maximum atomic E-state index is 10.8. The average molecular weight is 233 g/mol. The van der Waals surface area contributed by atoms with E-state index >= 15 is 0 Å². The summed E-state index contributed by atoms with van der Waals surface area (Å²) in [6, 6.07) is 7.01. The molecule has 1 rings (SSSR count). The molecule has 0 atom stereocenters. The van der Waals surface area contributed by atoms with Crippen LogP contribution in [0.3, 0.4) is 0 Å². The average Bonchev–Trinajstić information content (AvgIpc) is 2.31. The normalized spacial score (nSPS) is 9.47. The van der Waals surface area contributed by atoms with Crippen molar-refractivity contribution >= 4 is 5.78 Å². The molecule has 0 bridgehead atoms. The number of Topliss-reactive ketones (excluding diaryl/α,β-unsaturated/α-hetero) is 1. The van der Waals surface area contributed by atoms with Crippen molar-refractivity contribution in [2.75, 3.05) is 13.2 Å². The van der Waals surface area contributed by atoms with Gasteiger partial charge in [-0.1, -0.05) is 0 Å². The monoisotopic (exact) mass is 233 g/mol. The zero-order chi connectivity index (χ0) is 12.7. The lowest BCUT2D eigenvalue weighted by Gasteiger charge is -2.11. The molecule has 0 saturated heterocycles. The predicted octanol–water partition coefficient (Wildman–Crippen LogP) is 2.31. The molecule has 0 aliphatic heterocycles. The molecule has 1 aromatic rings. The van der Waals surface area contributed by atoms with Crippen LogP contribution >= 0.6 is 0 Å². The Kier molecular flexibility index (Phi) is 5.02. The molecule has 0 heterocycles. The summed E-state index contributed by atoms with van der Waals surface area (Å²) in [5.41, 5.74) is 0.521. The lowest BCUT2D eigenvalue weighted by Crippen LogP contribution is -2.04. The number of ether oxygens (including phenoxy) is 2. The van der Waals surface area contributed by atoms with Crippen molar-refractivity contribution in [3.8, 4) is 17.6 Å². The van der Waals surface area contributed by atoms with E-state index in [4.69, 9.17) is 14.7 Å². The van der Waals surface area contributed by atoms with Crippen LogP contribution in [0, 0.1) is 11.3 Å². The van der Waals surface area contributed by atoms with Gasteiger partial charge < -0.3 is 9.47 Å². The molecule has 17 heavy (non-hydrogen) atoms. The number of ketones is 1. The number of nitriles is 1. The minimum Gasteiger partial charge on any atom is -0.490 e. The molecular weight excluding hydrogens is 218 g/mol. The fourth-order valence-corrected chi connectivity index (χ4v) is 1.27. The molecule has 0 unspecified atom stereocenters. The van der Waals surface area contributed by atoms with E-state index in [1.165, 1.54) is 6.92 Å². The molecule has 1 aromatic carbocycles. The first kappa shape index (κ1) is 13.0. The molecule has 0 aliphatic carbocycles. The van der Waals surface area contributed by atoms with Crippen molar-refractivity contribution < 1.29 is 14.3 Å². The van der Waals surface area contributed by atoms with Crippen molar-refractivity contribution in [2.24, 2.45) is 0 Å². The van der Waals surface area contributed by atoms with E-state index in [2.05, 4.69) is 0 Å². The van der Waals surface area contributed by atoms with Crippen molar-refractivity contribution in [2.45, 2.75) is 20.3 Å². The maximum absolute atomic E-state index is 10.8. The quantitative estimate of drug-likeness (QED) is 0.756. The summed E-state index contributed by atoms with van der Waals surface area (Å²) in [4.78, 5) is 10.8. The molecule has 90 valence electrons. The largest absolute Gasteiger partial charge is 0.490 e. The van der Waals surface area contributed by atoms with Crippen molar-refractivity contribution in [3.63, 3.8) is 0 Å². The van der Waals surface area contributed by atoms with Gasteiger partial charge in [0.25, 0.3) is 0 Å². The van der Waals surface area contributed by atoms with E-state index in [0.29, 0.717) is 36.7 Å². The fourth-order valence-electron chi connectivity index (χ4n) is 1.27. The van der Waals surface area contributed by atoms with Crippen LogP contribution < -0.4 is 9.47 Å². The molecule has 0 aromatic heterocycles. The number of hydrogen-bond donors (Lipinski definition) is 0. The minimum absolute atomic E-state index is 0.0802. The third-order valence-corrected chi connectivity index (χ3v) is 2.08.